The summed E-state index contributed by atoms with van der Waals surface area (Å²) in [5, 5.41) is 11.1. The van der Waals surface area contributed by atoms with Gasteiger partial charge >= 0.3 is 5.97 Å². The second-order valence-electron chi connectivity index (χ2n) is 4.85. The van der Waals surface area contributed by atoms with Gasteiger partial charge in [0.2, 0.25) is 0 Å². The molecule has 1 aliphatic rings. The molecule has 0 spiro atoms. The average Bonchev–Trinajstić information content (AvgIpc) is 2.80. The summed E-state index contributed by atoms with van der Waals surface area (Å²) in [5.41, 5.74) is 0. The highest BCUT2D eigenvalue weighted by molar-refractivity contribution is 7.10. The smallest absolute Gasteiger partial charge is 0.305 e. The third-order valence-corrected chi connectivity index (χ3v) is 4.47. The molecule has 0 aromatic carbocycles. The summed E-state index contributed by atoms with van der Waals surface area (Å²) < 4.78 is 0. The van der Waals surface area contributed by atoms with Gasteiger partial charge in [0.1, 0.15) is 0 Å². The molecule has 4 heteroatoms. The first-order chi connectivity index (χ1) is 8.16. The lowest BCUT2D eigenvalue weighted by Crippen LogP contribution is -2.36. The largest absolute Gasteiger partial charge is 0.481 e. The molecule has 0 bridgehead atoms. The van der Waals surface area contributed by atoms with E-state index in [0.29, 0.717) is 0 Å². The van der Waals surface area contributed by atoms with E-state index < -0.39 is 5.97 Å². The van der Waals surface area contributed by atoms with Gasteiger partial charge in [-0.15, -0.1) is 11.3 Å². The predicted molar refractivity (Wildman–Crippen MR) is 69.3 cm³/mol. The minimum Gasteiger partial charge on any atom is -0.481 e. The Hall–Kier alpha value is -0.870. The molecule has 1 fully saturated rings. The first kappa shape index (κ1) is 12.6. The highest BCUT2D eigenvalue weighted by Gasteiger charge is 2.26. The highest BCUT2D eigenvalue weighted by Crippen LogP contribution is 2.31. The lowest BCUT2D eigenvalue weighted by atomic mass is 9.97. The van der Waals surface area contributed by atoms with Crippen LogP contribution in [0.3, 0.4) is 0 Å². The maximum Gasteiger partial charge on any atom is 0.305 e. The monoisotopic (exact) mass is 253 g/mol. The Morgan fingerprint density at radius 3 is 2.82 bits per heavy atom. The average molecular weight is 253 g/mol. The van der Waals surface area contributed by atoms with E-state index in [1.807, 2.05) is 11.4 Å². The molecular formula is C13H19NO2S. The first-order valence-electron chi connectivity index (χ1n) is 6.16. The topological polar surface area (TPSA) is 40.5 Å². The number of nitrogens with zero attached hydrogens (tertiary/aromatic N) is 1. The molecule has 2 rings (SSSR count). The van der Waals surface area contributed by atoms with Crippen molar-refractivity contribution in [3.63, 3.8) is 0 Å². The Morgan fingerprint density at radius 2 is 2.29 bits per heavy atom. The Morgan fingerprint density at radius 1 is 1.59 bits per heavy atom. The number of hydrogen-bond acceptors (Lipinski definition) is 3. The maximum absolute atomic E-state index is 11.0. The van der Waals surface area contributed by atoms with Crippen LogP contribution in [0.15, 0.2) is 17.5 Å². The van der Waals surface area contributed by atoms with Crippen LogP contribution in [-0.4, -0.2) is 29.1 Å². The van der Waals surface area contributed by atoms with Crippen LogP contribution in [0.25, 0.3) is 0 Å². The summed E-state index contributed by atoms with van der Waals surface area (Å²) in [4.78, 5) is 14.5. The van der Waals surface area contributed by atoms with Crippen molar-refractivity contribution < 1.29 is 9.90 Å². The second kappa shape index (κ2) is 5.65. The van der Waals surface area contributed by atoms with Gasteiger partial charge in [-0.25, -0.2) is 0 Å². The van der Waals surface area contributed by atoms with Gasteiger partial charge in [-0.2, -0.15) is 0 Å². The van der Waals surface area contributed by atoms with E-state index >= 15 is 0 Å². The molecule has 1 aliphatic heterocycles. The van der Waals surface area contributed by atoms with E-state index in [4.69, 9.17) is 5.11 Å². The second-order valence-corrected chi connectivity index (χ2v) is 5.83. The number of likely N-dealkylation sites (tertiary alicyclic amines) is 1. The molecule has 1 aromatic rings. The van der Waals surface area contributed by atoms with Crippen molar-refractivity contribution >= 4 is 17.3 Å². The molecule has 1 atom stereocenters. The van der Waals surface area contributed by atoms with Crippen molar-refractivity contribution in [3.8, 4) is 0 Å². The Kier molecular flexibility index (Phi) is 4.18. The van der Waals surface area contributed by atoms with E-state index in [2.05, 4.69) is 17.9 Å². The number of aliphatic carboxylic acids is 1. The maximum atomic E-state index is 11.0. The summed E-state index contributed by atoms with van der Waals surface area (Å²) in [5.74, 6) is 0.0714. The molecule has 1 saturated heterocycles. The Bertz CT molecular complexity index is 356. The van der Waals surface area contributed by atoms with Gasteiger partial charge in [0.05, 0.1) is 12.5 Å². The number of thiophene rings is 1. The molecule has 1 unspecified atom stereocenters. The fourth-order valence-electron chi connectivity index (χ4n) is 2.40. The lowest BCUT2D eigenvalue weighted by molar-refractivity contribution is -0.138. The normalized spacial score (nSPS) is 20.3. The molecule has 0 amide bonds. The van der Waals surface area contributed by atoms with Crippen molar-refractivity contribution in [3.05, 3.63) is 22.4 Å². The van der Waals surface area contributed by atoms with Crippen LogP contribution in [0, 0.1) is 5.92 Å². The number of carboxylic acid groups (broad SMARTS) is 1. The van der Waals surface area contributed by atoms with Gasteiger partial charge in [-0.3, -0.25) is 9.69 Å². The molecule has 17 heavy (non-hydrogen) atoms. The van der Waals surface area contributed by atoms with Crippen LogP contribution >= 0.6 is 11.3 Å². The number of hydrogen-bond donors (Lipinski definition) is 1. The van der Waals surface area contributed by atoms with E-state index in [9.17, 15) is 4.79 Å². The van der Waals surface area contributed by atoms with Gasteiger partial charge in [0.25, 0.3) is 0 Å². The number of piperidine rings is 1. The minimum atomic E-state index is -0.706. The zero-order chi connectivity index (χ0) is 12.3. The van der Waals surface area contributed by atoms with E-state index in [1.165, 1.54) is 17.7 Å². The molecule has 3 nitrogen and oxygen atoms in total. The van der Waals surface area contributed by atoms with Crippen molar-refractivity contribution in [2.75, 3.05) is 13.1 Å². The van der Waals surface area contributed by atoms with Crippen LogP contribution in [0.4, 0.5) is 0 Å². The SMILES string of the molecule is CC1CCN(C(CC(=O)O)c2cccs2)CC1. The summed E-state index contributed by atoms with van der Waals surface area (Å²) in [7, 11) is 0. The zero-order valence-electron chi connectivity index (χ0n) is 10.1. The van der Waals surface area contributed by atoms with Crippen LogP contribution in [0.1, 0.15) is 37.1 Å². The molecule has 1 N–H and O–H groups in total. The predicted octanol–water partition coefficient (Wildman–Crippen LogP) is 3.00. The fraction of sp³-hybridized carbons (Fsp3) is 0.615. The van der Waals surface area contributed by atoms with Gasteiger partial charge in [0, 0.05) is 4.88 Å². The Labute approximate surface area is 106 Å². The van der Waals surface area contributed by atoms with E-state index in [0.717, 1.165) is 19.0 Å². The molecular weight excluding hydrogens is 234 g/mol. The van der Waals surface area contributed by atoms with Crippen molar-refractivity contribution in [2.24, 2.45) is 5.92 Å². The number of carboxylic acids is 1. The summed E-state index contributed by atoms with van der Waals surface area (Å²) >= 11 is 1.66. The van der Waals surface area contributed by atoms with E-state index in [1.54, 1.807) is 11.3 Å². The van der Waals surface area contributed by atoms with Crippen LogP contribution in [0.5, 0.6) is 0 Å². The number of carbonyl (C=O) groups is 1. The van der Waals surface area contributed by atoms with Crippen molar-refractivity contribution in [1.29, 1.82) is 0 Å². The van der Waals surface area contributed by atoms with Crippen molar-refractivity contribution in [2.45, 2.75) is 32.2 Å². The molecule has 0 radical (unpaired) electrons. The molecule has 0 aliphatic carbocycles. The lowest BCUT2D eigenvalue weighted by Gasteiger charge is -2.35. The van der Waals surface area contributed by atoms with Crippen LogP contribution in [-0.2, 0) is 4.79 Å². The minimum absolute atomic E-state index is 0.0694. The summed E-state index contributed by atoms with van der Waals surface area (Å²) in [6.45, 7) is 4.32. The van der Waals surface area contributed by atoms with Gasteiger partial charge in [-0.1, -0.05) is 13.0 Å². The number of rotatable bonds is 4. The fourth-order valence-corrected chi connectivity index (χ4v) is 3.26. The van der Waals surface area contributed by atoms with Gasteiger partial charge in [0.15, 0.2) is 0 Å². The first-order valence-corrected chi connectivity index (χ1v) is 7.04. The van der Waals surface area contributed by atoms with Crippen LogP contribution < -0.4 is 0 Å². The molecule has 1 aromatic heterocycles. The quantitative estimate of drug-likeness (QED) is 0.896. The van der Waals surface area contributed by atoms with Gasteiger partial charge in [-0.05, 0) is 43.3 Å². The summed E-state index contributed by atoms with van der Waals surface area (Å²) in [6, 6.07) is 4.12. The van der Waals surface area contributed by atoms with Crippen LogP contribution in [0.2, 0.25) is 0 Å². The zero-order valence-corrected chi connectivity index (χ0v) is 10.9. The molecule has 2 heterocycles. The third kappa shape index (κ3) is 3.30. The van der Waals surface area contributed by atoms with E-state index in [-0.39, 0.29) is 12.5 Å². The molecule has 94 valence electrons. The standard InChI is InChI=1S/C13H19NO2S/c1-10-4-6-14(7-5-10)11(9-13(15)16)12-3-2-8-17-12/h2-3,8,10-11H,4-7,9H2,1H3,(H,15,16). The highest BCUT2D eigenvalue weighted by atomic mass is 32.1. The Balaban J connectivity index is 2.07. The summed E-state index contributed by atoms with van der Waals surface area (Å²) in [6.07, 6.45) is 2.58. The third-order valence-electron chi connectivity index (χ3n) is 3.50. The van der Waals surface area contributed by atoms with Crippen molar-refractivity contribution in [1.82, 2.24) is 4.90 Å². The molecule has 0 saturated carbocycles. The van der Waals surface area contributed by atoms with Gasteiger partial charge < -0.3 is 5.11 Å².